The Kier molecular flexibility index (Phi) is 5.89. The molecule has 104 valence electrons. The normalized spacial score (nSPS) is 11.2. The maximum Gasteiger partial charge on any atom is 0.240 e. The lowest BCUT2D eigenvalue weighted by Gasteiger charge is -2.07. The fraction of sp³-hybridized carbons (Fsp3) is 0.417. The Balaban J connectivity index is 2.70. The van der Waals surface area contributed by atoms with E-state index in [1.807, 2.05) is 6.92 Å². The van der Waals surface area contributed by atoms with E-state index in [0.717, 1.165) is 18.2 Å². The molecule has 0 aliphatic heterocycles. The van der Waals surface area contributed by atoms with Crippen molar-refractivity contribution >= 4 is 10.0 Å². The zero-order valence-electron chi connectivity index (χ0n) is 10.5. The van der Waals surface area contributed by atoms with Crippen LogP contribution in [-0.4, -0.2) is 28.2 Å². The number of nitriles is 1. The molecule has 1 N–H and O–H groups in total. The summed E-state index contributed by atoms with van der Waals surface area (Å²) in [5, 5.41) is 8.66. The molecular weight excluding hydrogens is 271 g/mol. The number of halogens is 1. The Morgan fingerprint density at radius 3 is 2.84 bits per heavy atom. The molecule has 0 atom stereocenters. The fourth-order valence-corrected chi connectivity index (χ4v) is 2.47. The number of sulfonamides is 1. The highest BCUT2D eigenvalue weighted by molar-refractivity contribution is 7.89. The number of hydrogen-bond acceptors (Lipinski definition) is 4. The minimum Gasteiger partial charge on any atom is -0.382 e. The number of rotatable bonds is 7. The second-order valence-electron chi connectivity index (χ2n) is 3.70. The molecule has 0 saturated carbocycles. The maximum absolute atomic E-state index is 13.1. The molecule has 0 heterocycles. The van der Waals surface area contributed by atoms with Crippen LogP contribution in [0.1, 0.15) is 18.9 Å². The Morgan fingerprint density at radius 2 is 2.21 bits per heavy atom. The molecule has 0 bridgehead atoms. The number of hydrogen-bond donors (Lipinski definition) is 1. The average Bonchev–Trinajstić information content (AvgIpc) is 2.38. The van der Waals surface area contributed by atoms with E-state index in [2.05, 4.69) is 4.72 Å². The first kappa shape index (κ1) is 15.6. The number of nitrogens with one attached hydrogen (secondary N) is 1. The van der Waals surface area contributed by atoms with Crippen molar-refractivity contribution in [1.82, 2.24) is 4.72 Å². The SMILES string of the molecule is CCOCCCNS(=O)(=O)c1ccc(F)c(C#N)c1. The lowest BCUT2D eigenvalue weighted by molar-refractivity contribution is 0.146. The minimum absolute atomic E-state index is 0.123. The van der Waals surface area contributed by atoms with Crippen molar-refractivity contribution in [3.8, 4) is 6.07 Å². The predicted molar refractivity (Wildman–Crippen MR) is 67.4 cm³/mol. The summed E-state index contributed by atoms with van der Waals surface area (Å²) in [5.41, 5.74) is -0.294. The third kappa shape index (κ3) is 4.59. The van der Waals surface area contributed by atoms with E-state index >= 15 is 0 Å². The van der Waals surface area contributed by atoms with E-state index in [0.29, 0.717) is 19.6 Å². The average molecular weight is 286 g/mol. The lowest BCUT2D eigenvalue weighted by Crippen LogP contribution is -2.25. The van der Waals surface area contributed by atoms with Crippen LogP contribution >= 0.6 is 0 Å². The van der Waals surface area contributed by atoms with Crippen LogP contribution in [0.3, 0.4) is 0 Å². The number of ether oxygens (including phenoxy) is 1. The lowest BCUT2D eigenvalue weighted by atomic mass is 10.2. The topological polar surface area (TPSA) is 79.2 Å². The third-order valence-electron chi connectivity index (χ3n) is 2.33. The largest absolute Gasteiger partial charge is 0.382 e. The molecule has 0 aromatic heterocycles. The molecule has 5 nitrogen and oxygen atoms in total. The summed E-state index contributed by atoms with van der Waals surface area (Å²) in [5.74, 6) is -0.738. The van der Waals surface area contributed by atoms with Gasteiger partial charge in [-0.25, -0.2) is 17.5 Å². The fourth-order valence-electron chi connectivity index (χ4n) is 1.37. The summed E-state index contributed by atoms with van der Waals surface area (Å²) in [6.45, 7) is 3.12. The van der Waals surface area contributed by atoms with Crippen molar-refractivity contribution in [2.75, 3.05) is 19.8 Å². The van der Waals surface area contributed by atoms with Gasteiger partial charge in [-0.1, -0.05) is 0 Å². The highest BCUT2D eigenvalue weighted by Crippen LogP contribution is 2.14. The second kappa shape index (κ2) is 7.19. The highest BCUT2D eigenvalue weighted by atomic mass is 32.2. The van der Waals surface area contributed by atoms with Gasteiger partial charge in [-0.3, -0.25) is 0 Å². The molecule has 19 heavy (non-hydrogen) atoms. The molecule has 1 aromatic rings. The van der Waals surface area contributed by atoms with Crippen molar-refractivity contribution in [3.05, 3.63) is 29.6 Å². The summed E-state index contributed by atoms with van der Waals surface area (Å²) in [7, 11) is -3.72. The van der Waals surface area contributed by atoms with Crippen LogP contribution in [-0.2, 0) is 14.8 Å². The van der Waals surface area contributed by atoms with Gasteiger partial charge < -0.3 is 4.74 Å². The molecule has 0 unspecified atom stereocenters. The Morgan fingerprint density at radius 1 is 1.47 bits per heavy atom. The summed E-state index contributed by atoms with van der Waals surface area (Å²) < 4.78 is 44.3. The summed E-state index contributed by atoms with van der Waals surface area (Å²) in [6, 6.07) is 4.71. The monoisotopic (exact) mass is 286 g/mol. The van der Waals surface area contributed by atoms with E-state index in [4.69, 9.17) is 10.00 Å². The first-order valence-corrected chi connectivity index (χ1v) is 7.26. The summed E-state index contributed by atoms with van der Waals surface area (Å²) >= 11 is 0. The molecule has 0 radical (unpaired) electrons. The van der Waals surface area contributed by atoms with Gasteiger partial charge in [-0.05, 0) is 31.5 Å². The molecule has 1 aromatic carbocycles. The molecule has 0 saturated heterocycles. The molecular formula is C12H15FN2O3S. The van der Waals surface area contributed by atoms with Crippen molar-refractivity contribution in [2.24, 2.45) is 0 Å². The zero-order chi connectivity index (χ0) is 14.3. The molecule has 0 aliphatic carbocycles. The molecule has 0 spiro atoms. The minimum atomic E-state index is -3.72. The Hall–Kier alpha value is -1.49. The molecule has 1 rings (SSSR count). The Bertz CT molecular complexity index is 567. The summed E-state index contributed by atoms with van der Waals surface area (Å²) in [4.78, 5) is -0.123. The smallest absolute Gasteiger partial charge is 0.240 e. The van der Waals surface area contributed by atoms with Gasteiger partial charge in [-0.15, -0.1) is 0 Å². The molecule has 7 heteroatoms. The van der Waals surface area contributed by atoms with Crippen molar-refractivity contribution < 1.29 is 17.5 Å². The van der Waals surface area contributed by atoms with E-state index in [-0.39, 0.29) is 17.0 Å². The van der Waals surface area contributed by atoms with Gasteiger partial charge >= 0.3 is 0 Å². The van der Waals surface area contributed by atoms with Crippen LogP contribution in [0, 0.1) is 17.1 Å². The summed E-state index contributed by atoms with van der Waals surface area (Å²) in [6.07, 6.45) is 0.541. The van der Waals surface area contributed by atoms with E-state index in [9.17, 15) is 12.8 Å². The van der Waals surface area contributed by atoms with Gasteiger partial charge in [0, 0.05) is 19.8 Å². The van der Waals surface area contributed by atoms with Crippen molar-refractivity contribution in [2.45, 2.75) is 18.2 Å². The van der Waals surface area contributed by atoms with Crippen LogP contribution in [0.2, 0.25) is 0 Å². The zero-order valence-corrected chi connectivity index (χ0v) is 11.3. The van der Waals surface area contributed by atoms with Crippen LogP contribution in [0.15, 0.2) is 23.1 Å². The second-order valence-corrected chi connectivity index (χ2v) is 5.47. The van der Waals surface area contributed by atoms with Gasteiger partial charge in [0.05, 0.1) is 10.5 Å². The van der Waals surface area contributed by atoms with Crippen LogP contribution < -0.4 is 4.72 Å². The molecule has 0 aliphatic rings. The first-order valence-electron chi connectivity index (χ1n) is 5.78. The van der Waals surface area contributed by atoms with Gasteiger partial charge in [0.25, 0.3) is 0 Å². The van der Waals surface area contributed by atoms with Gasteiger partial charge in [0.15, 0.2) is 0 Å². The highest BCUT2D eigenvalue weighted by Gasteiger charge is 2.15. The van der Waals surface area contributed by atoms with Crippen molar-refractivity contribution in [1.29, 1.82) is 5.26 Å². The van der Waals surface area contributed by atoms with Crippen LogP contribution in [0.5, 0.6) is 0 Å². The number of nitrogens with zero attached hydrogens (tertiary/aromatic N) is 1. The van der Waals surface area contributed by atoms with E-state index in [1.54, 1.807) is 6.07 Å². The van der Waals surface area contributed by atoms with Crippen LogP contribution in [0.4, 0.5) is 4.39 Å². The Labute approximate surface area is 112 Å². The van der Waals surface area contributed by atoms with Crippen molar-refractivity contribution in [3.63, 3.8) is 0 Å². The number of benzene rings is 1. The maximum atomic E-state index is 13.1. The molecule has 0 fully saturated rings. The van der Waals surface area contributed by atoms with E-state index < -0.39 is 15.8 Å². The quantitative estimate of drug-likeness (QED) is 0.768. The standard InChI is InChI=1S/C12H15FN2O3S/c1-2-18-7-3-6-15-19(16,17)11-4-5-12(13)10(8-11)9-14/h4-5,8,15H,2-3,6-7H2,1H3. The predicted octanol–water partition coefficient (Wildman–Crippen LogP) is 1.40. The third-order valence-corrected chi connectivity index (χ3v) is 3.79. The van der Waals surface area contributed by atoms with Gasteiger partial charge in [-0.2, -0.15) is 5.26 Å². The van der Waals surface area contributed by atoms with Gasteiger partial charge in [0.1, 0.15) is 11.9 Å². The van der Waals surface area contributed by atoms with Gasteiger partial charge in [0.2, 0.25) is 10.0 Å². The van der Waals surface area contributed by atoms with Crippen LogP contribution in [0.25, 0.3) is 0 Å². The molecule has 0 amide bonds. The first-order chi connectivity index (χ1) is 9.01. The van der Waals surface area contributed by atoms with E-state index in [1.165, 1.54) is 0 Å².